The molecule has 3 aromatic carbocycles. The van der Waals surface area contributed by atoms with E-state index in [0.717, 1.165) is 5.69 Å². The van der Waals surface area contributed by atoms with Gasteiger partial charge in [0.25, 0.3) is 0 Å². The Morgan fingerprint density at radius 2 is 1.77 bits per heavy atom. The monoisotopic (exact) mass is 366 g/mol. The van der Waals surface area contributed by atoms with E-state index in [4.69, 9.17) is 18.6 Å². The molecule has 0 aliphatic heterocycles. The molecule has 4 aromatic rings. The van der Waals surface area contributed by atoms with Crippen LogP contribution in [0.4, 0.5) is 0 Å². The summed E-state index contributed by atoms with van der Waals surface area (Å²) in [5.41, 5.74) is 0.948. The summed E-state index contributed by atoms with van der Waals surface area (Å²) in [4.78, 5) is 1.51. The predicted octanol–water partition coefficient (Wildman–Crippen LogP) is 4.32. The van der Waals surface area contributed by atoms with E-state index in [1.165, 1.54) is 21.9 Å². The molecule has 112 valence electrons. The Labute approximate surface area is 145 Å². The third-order valence-corrected chi connectivity index (χ3v) is 2.74. The maximum absolute atomic E-state index is 4.89. The maximum atomic E-state index is 4.89. The molecule has 7 heteroatoms. The minimum atomic E-state index is -0.556. The van der Waals surface area contributed by atoms with Crippen molar-refractivity contribution in [3.63, 3.8) is 0 Å². The van der Waals surface area contributed by atoms with Gasteiger partial charge in [-0.1, -0.05) is 6.07 Å². The second kappa shape index (κ2) is 9.54. The molecule has 0 radical (unpaired) electrons. The zero-order valence-electron chi connectivity index (χ0n) is 11.5. The Morgan fingerprint density at radius 3 is 2.32 bits per heavy atom. The van der Waals surface area contributed by atoms with Gasteiger partial charge in [-0.15, -0.1) is 51.3 Å². The molecule has 0 atom stereocenters. The first-order valence-corrected chi connectivity index (χ1v) is 10.7. The van der Waals surface area contributed by atoms with Crippen molar-refractivity contribution in [1.29, 1.82) is 0 Å². The maximum Gasteiger partial charge on any atom is 0.162 e. The van der Waals surface area contributed by atoms with E-state index in [9.17, 15) is 0 Å². The van der Waals surface area contributed by atoms with E-state index in [2.05, 4.69) is 27.5 Å². The first-order valence-electron chi connectivity index (χ1n) is 6.37. The average molecular weight is 367 g/mol. The van der Waals surface area contributed by atoms with E-state index in [-0.39, 0.29) is 0 Å². The molecule has 22 heavy (non-hydrogen) atoms. The fraction of sp³-hybridized carbons (Fsp3) is 0. The first-order chi connectivity index (χ1) is 10.8. The summed E-state index contributed by atoms with van der Waals surface area (Å²) in [6.45, 7) is 0. The molecule has 0 bridgehead atoms. The number of halogens is 2. The summed E-state index contributed by atoms with van der Waals surface area (Å²) in [7, 11) is 9.78. The topological polar surface area (TPSA) is 43.6 Å². The molecule has 0 unspecified atom stereocenters. The van der Waals surface area contributed by atoms with E-state index < -0.39 is 17.0 Å². The van der Waals surface area contributed by atoms with Gasteiger partial charge in [-0.05, 0) is 10.9 Å². The van der Waals surface area contributed by atoms with Crippen LogP contribution in [0.15, 0.2) is 73.1 Å². The molecular weight excluding hydrogens is 355 g/mol. The van der Waals surface area contributed by atoms with Gasteiger partial charge in [0.1, 0.15) is 0 Å². The molecule has 0 N–H and O–H groups in total. The van der Waals surface area contributed by atoms with Crippen molar-refractivity contribution in [2.75, 3.05) is 0 Å². The molecule has 1 aromatic heterocycles. The van der Waals surface area contributed by atoms with Crippen LogP contribution in [0.1, 0.15) is 0 Å². The van der Waals surface area contributed by atoms with Crippen molar-refractivity contribution in [2.45, 2.75) is 0 Å². The second-order valence-corrected chi connectivity index (χ2v) is 6.68. The summed E-state index contributed by atoms with van der Waals surface area (Å²) in [6.07, 6.45) is 1.43. The number of aromatic nitrogens is 4. The quantitative estimate of drug-likeness (QED) is 0.372. The van der Waals surface area contributed by atoms with Crippen LogP contribution in [0, 0.1) is 0 Å². The summed E-state index contributed by atoms with van der Waals surface area (Å²) >= 11 is -0.556. The SMILES string of the molecule is [Cl][Ti][Cl].c1cc[cH-]c1.c1ccc2[cH-]c(-n3ncnn3)cc2c1. The molecule has 0 spiro atoms. The van der Waals surface area contributed by atoms with Crippen molar-refractivity contribution in [1.82, 2.24) is 20.2 Å². The van der Waals surface area contributed by atoms with Crippen molar-refractivity contribution >= 4 is 29.4 Å². The number of rotatable bonds is 1. The molecule has 0 aliphatic carbocycles. The van der Waals surface area contributed by atoms with Crippen molar-refractivity contribution < 1.29 is 17.0 Å². The normalized spacial score (nSPS) is 9.36. The van der Waals surface area contributed by atoms with Crippen LogP contribution in [0.2, 0.25) is 0 Å². The van der Waals surface area contributed by atoms with Crippen LogP contribution >= 0.6 is 18.6 Å². The van der Waals surface area contributed by atoms with Crippen LogP contribution in [0.3, 0.4) is 0 Å². The van der Waals surface area contributed by atoms with Crippen LogP contribution < -0.4 is 0 Å². The molecule has 0 aliphatic rings. The minimum absolute atomic E-state index is 0.556. The van der Waals surface area contributed by atoms with Crippen LogP contribution in [0.25, 0.3) is 16.5 Å². The number of nitrogens with zero attached hydrogens (tertiary/aromatic N) is 4. The Balaban J connectivity index is 0.000000184. The van der Waals surface area contributed by atoms with Gasteiger partial charge in [-0.25, -0.2) is 12.1 Å². The zero-order chi connectivity index (χ0) is 15.6. The third kappa shape index (κ3) is 5.07. The summed E-state index contributed by atoms with van der Waals surface area (Å²) in [5, 5.41) is 13.9. The van der Waals surface area contributed by atoms with Gasteiger partial charge in [0.05, 0.1) is 0 Å². The Bertz CT molecular complexity index is 701. The van der Waals surface area contributed by atoms with E-state index in [1.54, 1.807) is 0 Å². The summed E-state index contributed by atoms with van der Waals surface area (Å²) in [5.74, 6) is 0. The molecule has 0 saturated heterocycles. The Hall–Kier alpha value is -1.46. The average Bonchev–Trinajstić information content (AvgIpc) is 3.29. The number of hydrogen-bond acceptors (Lipinski definition) is 3. The van der Waals surface area contributed by atoms with Gasteiger partial charge in [0.2, 0.25) is 0 Å². The predicted molar refractivity (Wildman–Crippen MR) is 86.0 cm³/mol. The van der Waals surface area contributed by atoms with Crippen LogP contribution in [-0.4, -0.2) is 20.2 Å². The van der Waals surface area contributed by atoms with Crippen LogP contribution in [0.5, 0.6) is 0 Å². The van der Waals surface area contributed by atoms with Gasteiger partial charge >= 0.3 is 35.6 Å². The van der Waals surface area contributed by atoms with E-state index in [1.807, 2.05) is 54.6 Å². The van der Waals surface area contributed by atoms with E-state index >= 15 is 0 Å². The first kappa shape index (κ1) is 16.9. The van der Waals surface area contributed by atoms with Gasteiger partial charge in [0, 0.05) is 0 Å². The number of fused-ring (bicyclic) bond motifs is 1. The van der Waals surface area contributed by atoms with Gasteiger partial charge in [-0.3, -0.25) is 0 Å². The number of tetrazole rings is 1. The smallest absolute Gasteiger partial charge is 0.162 e. The number of hydrogen-bond donors (Lipinski definition) is 0. The van der Waals surface area contributed by atoms with Gasteiger partial charge < -0.3 is 0 Å². The number of benzene rings is 1. The third-order valence-electron chi connectivity index (χ3n) is 2.74. The molecule has 0 saturated carbocycles. The minimum Gasteiger partial charge on any atom is -0.214 e. The Kier molecular flexibility index (Phi) is 7.33. The van der Waals surface area contributed by atoms with Gasteiger partial charge in [-0.2, -0.15) is 23.0 Å². The second-order valence-electron chi connectivity index (χ2n) is 4.10. The fourth-order valence-corrected chi connectivity index (χ4v) is 1.86. The van der Waals surface area contributed by atoms with E-state index in [0.29, 0.717) is 0 Å². The molecule has 0 amide bonds. The molecule has 4 rings (SSSR count). The molecule has 4 nitrogen and oxygen atoms in total. The van der Waals surface area contributed by atoms with Crippen molar-refractivity contribution in [2.24, 2.45) is 0 Å². The largest absolute Gasteiger partial charge is 0.214 e. The fourth-order valence-electron chi connectivity index (χ4n) is 1.86. The van der Waals surface area contributed by atoms with Gasteiger partial charge in [0.15, 0.2) is 6.33 Å². The standard InChI is InChI=1S/C10H7N4.C5H5.2ClH.Ti/c1-2-4-9-6-10(5-8(9)3-1)14-12-7-11-13-14;1-2-4-5-3-1;;;/h1-7H;1-5H;2*1H;/q2*-1;;;+2/p-2. The van der Waals surface area contributed by atoms with Crippen LogP contribution in [-0.2, 0) is 17.0 Å². The molecule has 0 fully saturated rings. The summed E-state index contributed by atoms with van der Waals surface area (Å²) < 4.78 is 0. The molecular formula is C15H12Cl2N4Ti-2. The summed E-state index contributed by atoms with van der Waals surface area (Å²) in [6, 6.07) is 22.2. The van der Waals surface area contributed by atoms with Crippen molar-refractivity contribution in [3.8, 4) is 5.69 Å². The zero-order valence-corrected chi connectivity index (χ0v) is 14.5. The molecule has 1 heterocycles. The Morgan fingerprint density at radius 1 is 1.05 bits per heavy atom. The van der Waals surface area contributed by atoms with Crippen molar-refractivity contribution in [3.05, 3.63) is 73.1 Å².